The lowest BCUT2D eigenvalue weighted by molar-refractivity contribution is -0.114. The first-order valence-corrected chi connectivity index (χ1v) is 8.75. The topological polar surface area (TPSA) is 110 Å². The zero-order valence-electron chi connectivity index (χ0n) is 15.8. The zero-order chi connectivity index (χ0) is 20.7. The maximum Gasteiger partial charge on any atom is 0.330 e. The third-order valence-electron chi connectivity index (χ3n) is 3.98. The molecule has 0 radical (unpaired) electrons. The molecule has 0 aliphatic rings. The van der Waals surface area contributed by atoms with Crippen molar-refractivity contribution in [3.63, 3.8) is 0 Å². The minimum atomic E-state index is -0.765. The Morgan fingerprint density at radius 3 is 2.79 bits per heavy atom. The van der Waals surface area contributed by atoms with Crippen LogP contribution in [0, 0.1) is 5.82 Å². The highest BCUT2D eigenvalue weighted by Gasteiger charge is 2.22. The fourth-order valence-corrected chi connectivity index (χ4v) is 2.67. The lowest BCUT2D eigenvalue weighted by Gasteiger charge is -2.23. The van der Waals surface area contributed by atoms with E-state index in [2.05, 4.69) is 4.98 Å². The van der Waals surface area contributed by atoms with Gasteiger partial charge in [0.2, 0.25) is 0 Å². The van der Waals surface area contributed by atoms with Crippen molar-refractivity contribution >= 4 is 23.5 Å². The van der Waals surface area contributed by atoms with Crippen molar-refractivity contribution in [2.45, 2.75) is 19.9 Å². The quantitative estimate of drug-likeness (QED) is 0.662. The molecule has 0 spiro atoms. The summed E-state index contributed by atoms with van der Waals surface area (Å²) in [5.74, 6) is -1.09. The lowest BCUT2D eigenvalue weighted by Crippen LogP contribution is -2.42. The molecule has 150 valence electrons. The van der Waals surface area contributed by atoms with Crippen LogP contribution < -0.4 is 21.9 Å². The number of benzene rings is 1. The van der Waals surface area contributed by atoms with Crippen molar-refractivity contribution in [1.82, 2.24) is 9.55 Å². The fourth-order valence-electron chi connectivity index (χ4n) is 2.67. The summed E-state index contributed by atoms with van der Waals surface area (Å²) in [7, 11) is 1.46. The van der Waals surface area contributed by atoms with E-state index in [1.165, 1.54) is 42.0 Å². The van der Waals surface area contributed by atoms with Gasteiger partial charge in [-0.15, -0.1) is 0 Å². The Morgan fingerprint density at radius 2 is 2.14 bits per heavy atom. The number of carbonyl (C=O) groups excluding carboxylic acids is 1. The maximum absolute atomic E-state index is 13.3. The van der Waals surface area contributed by atoms with Crippen molar-refractivity contribution in [3.05, 3.63) is 62.6 Å². The standard InChI is InChI=1S/C19H23FN4O4/c1-3-9-24-17(21)16(18(26)22-19(24)27)23(10-11-28-2)15(25)8-7-13-5-4-6-14(20)12-13/h4-8,12H,3,9-11,21H2,1-2H3,(H,22,26,27)/b8-7+. The van der Waals surface area contributed by atoms with Crippen molar-refractivity contribution in [2.75, 3.05) is 30.9 Å². The van der Waals surface area contributed by atoms with Crippen LogP contribution in [0.5, 0.6) is 0 Å². The van der Waals surface area contributed by atoms with Crippen LogP contribution in [0.3, 0.4) is 0 Å². The second-order valence-corrected chi connectivity index (χ2v) is 6.02. The van der Waals surface area contributed by atoms with Gasteiger partial charge in [-0.3, -0.25) is 24.0 Å². The molecule has 0 aliphatic carbocycles. The molecule has 0 atom stereocenters. The largest absolute Gasteiger partial charge is 0.383 e. The number of anilines is 2. The van der Waals surface area contributed by atoms with E-state index in [4.69, 9.17) is 10.5 Å². The van der Waals surface area contributed by atoms with E-state index < -0.39 is 23.0 Å². The minimum Gasteiger partial charge on any atom is -0.383 e. The number of nitrogens with one attached hydrogen (secondary N) is 1. The molecule has 2 rings (SSSR count). The van der Waals surface area contributed by atoms with E-state index in [1.54, 1.807) is 6.07 Å². The van der Waals surface area contributed by atoms with Gasteiger partial charge in [-0.25, -0.2) is 9.18 Å². The van der Waals surface area contributed by atoms with Gasteiger partial charge in [-0.2, -0.15) is 0 Å². The number of amides is 1. The van der Waals surface area contributed by atoms with Crippen LogP contribution in [0.4, 0.5) is 15.9 Å². The SMILES string of the molecule is CCCn1c(N)c(N(CCOC)C(=O)/C=C/c2cccc(F)c2)c(=O)[nH]c1=O. The first kappa shape index (κ1) is 21.1. The molecule has 0 bridgehead atoms. The molecule has 1 amide bonds. The molecule has 9 heteroatoms. The summed E-state index contributed by atoms with van der Waals surface area (Å²) in [5.41, 5.74) is 5.00. The molecule has 1 aromatic carbocycles. The highest BCUT2D eigenvalue weighted by molar-refractivity contribution is 6.05. The smallest absolute Gasteiger partial charge is 0.330 e. The number of nitrogen functional groups attached to an aromatic ring is 1. The average molecular weight is 390 g/mol. The van der Waals surface area contributed by atoms with Gasteiger partial charge in [-0.1, -0.05) is 19.1 Å². The van der Waals surface area contributed by atoms with Crippen LogP contribution in [-0.4, -0.2) is 35.7 Å². The Morgan fingerprint density at radius 1 is 1.39 bits per heavy atom. The highest BCUT2D eigenvalue weighted by atomic mass is 19.1. The number of H-pyrrole nitrogens is 1. The highest BCUT2D eigenvalue weighted by Crippen LogP contribution is 2.18. The van der Waals surface area contributed by atoms with Gasteiger partial charge in [0, 0.05) is 26.3 Å². The predicted molar refractivity (Wildman–Crippen MR) is 106 cm³/mol. The molecule has 2 aromatic rings. The van der Waals surface area contributed by atoms with Gasteiger partial charge in [-0.05, 0) is 30.2 Å². The fraction of sp³-hybridized carbons (Fsp3) is 0.316. The number of ether oxygens (including phenoxy) is 1. The molecule has 0 saturated carbocycles. The predicted octanol–water partition coefficient (Wildman–Crippen LogP) is 1.36. The Bertz CT molecular complexity index is 981. The molecule has 3 N–H and O–H groups in total. The van der Waals surface area contributed by atoms with Gasteiger partial charge >= 0.3 is 5.69 Å². The van der Waals surface area contributed by atoms with Crippen LogP contribution in [0.15, 0.2) is 39.9 Å². The Hall–Kier alpha value is -3.20. The number of carbonyl (C=O) groups is 1. The van der Waals surface area contributed by atoms with Crippen LogP contribution in [0.1, 0.15) is 18.9 Å². The second-order valence-electron chi connectivity index (χ2n) is 6.02. The van der Waals surface area contributed by atoms with Crippen molar-refractivity contribution in [2.24, 2.45) is 0 Å². The summed E-state index contributed by atoms with van der Waals surface area (Å²) in [6.45, 7) is 2.33. The Balaban J connectivity index is 2.46. The molecule has 0 saturated heterocycles. The summed E-state index contributed by atoms with van der Waals surface area (Å²) in [5, 5.41) is 0. The first-order chi connectivity index (χ1) is 13.4. The van der Waals surface area contributed by atoms with Crippen LogP contribution >= 0.6 is 0 Å². The number of rotatable bonds is 8. The zero-order valence-corrected chi connectivity index (χ0v) is 15.8. The molecule has 28 heavy (non-hydrogen) atoms. The maximum atomic E-state index is 13.3. The van der Waals surface area contributed by atoms with Gasteiger partial charge in [0.15, 0.2) is 5.69 Å². The Kier molecular flexibility index (Phi) is 7.28. The van der Waals surface area contributed by atoms with Crippen molar-refractivity contribution < 1.29 is 13.9 Å². The van der Waals surface area contributed by atoms with Gasteiger partial charge < -0.3 is 10.5 Å². The summed E-state index contributed by atoms with van der Waals surface area (Å²) >= 11 is 0. The van der Waals surface area contributed by atoms with E-state index >= 15 is 0 Å². The average Bonchev–Trinajstić information content (AvgIpc) is 2.65. The van der Waals surface area contributed by atoms with Crippen LogP contribution in [0.25, 0.3) is 6.08 Å². The van der Waals surface area contributed by atoms with Gasteiger partial charge in [0.05, 0.1) is 6.61 Å². The van der Waals surface area contributed by atoms with Crippen molar-refractivity contribution in [3.8, 4) is 0 Å². The molecule has 0 fully saturated rings. The van der Waals surface area contributed by atoms with E-state index in [-0.39, 0.29) is 24.7 Å². The van der Waals surface area contributed by atoms with Crippen LogP contribution in [-0.2, 0) is 16.1 Å². The van der Waals surface area contributed by atoms with Gasteiger partial charge in [0.25, 0.3) is 11.5 Å². The lowest BCUT2D eigenvalue weighted by atomic mass is 10.2. The van der Waals surface area contributed by atoms with Crippen LogP contribution in [0.2, 0.25) is 0 Å². The number of hydrogen-bond donors (Lipinski definition) is 2. The van der Waals surface area contributed by atoms with E-state index in [9.17, 15) is 18.8 Å². The monoisotopic (exact) mass is 390 g/mol. The molecule has 0 unspecified atom stereocenters. The molecular weight excluding hydrogens is 367 g/mol. The third kappa shape index (κ3) is 4.95. The van der Waals surface area contributed by atoms with E-state index in [1.807, 2.05) is 6.92 Å². The number of aromatic amines is 1. The van der Waals surface area contributed by atoms with E-state index in [0.717, 1.165) is 4.90 Å². The molecule has 1 heterocycles. The number of hydrogen-bond acceptors (Lipinski definition) is 5. The molecule has 8 nitrogen and oxygen atoms in total. The number of nitrogens with two attached hydrogens (primary N) is 1. The first-order valence-electron chi connectivity index (χ1n) is 8.75. The number of aromatic nitrogens is 2. The molecule has 0 aliphatic heterocycles. The van der Waals surface area contributed by atoms with E-state index in [0.29, 0.717) is 18.5 Å². The minimum absolute atomic E-state index is 0.0421. The molecule has 1 aromatic heterocycles. The summed E-state index contributed by atoms with van der Waals surface area (Å²) < 4.78 is 19.5. The number of nitrogens with zero attached hydrogens (tertiary/aromatic N) is 2. The third-order valence-corrected chi connectivity index (χ3v) is 3.98. The summed E-state index contributed by atoms with van der Waals surface area (Å²) in [6.07, 6.45) is 3.25. The number of methoxy groups -OCH3 is 1. The Labute approximate surface area is 161 Å². The second kappa shape index (κ2) is 9.65. The molecular formula is C19H23FN4O4. The summed E-state index contributed by atoms with van der Waals surface area (Å²) in [6, 6.07) is 5.72. The summed E-state index contributed by atoms with van der Waals surface area (Å²) in [4.78, 5) is 40.5. The van der Waals surface area contributed by atoms with Gasteiger partial charge in [0.1, 0.15) is 11.6 Å². The normalized spacial score (nSPS) is 11.1. The van der Waals surface area contributed by atoms with Crippen molar-refractivity contribution in [1.29, 1.82) is 0 Å². The number of halogens is 1.